The van der Waals surface area contributed by atoms with Gasteiger partial charge in [-0.1, -0.05) is 0 Å². The van der Waals surface area contributed by atoms with Gasteiger partial charge in [-0.2, -0.15) is 4.57 Å². The van der Waals surface area contributed by atoms with Crippen molar-refractivity contribution in [2.75, 3.05) is 14.2 Å². The average molecular weight is 357 g/mol. The van der Waals surface area contributed by atoms with Crippen molar-refractivity contribution in [3.63, 3.8) is 0 Å². The maximum Gasteiger partial charge on any atom is 0.262 e. The SMILES string of the molecule is COc1ccc(-c2cn(-c3ccc(OC)cc3)c3[n+]2CCC3)cc1.[Cl-]. The molecule has 0 unspecified atom stereocenters. The number of methoxy groups -OCH3 is 2. The Morgan fingerprint density at radius 1 is 0.880 bits per heavy atom. The predicted octanol–water partition coefficient (Wildman–Crippen LogP) is 0.399. The van der Waals surface area contributed by atoms with Crippen molar-refractivity contribution in [2.45, 2.75) is 19.4 Å². The molecule has 0 bridgehead atoms. The molecular formula is C20H21ClN2O2. The number of halogens is 1. The summed E-state index contributed by atoms with van der Waals surface area (Å²) in [5, 5.41) is 0. The number of hydrogen-bond donors (Lipinski definition) is 0. The van der Waals surface area contributed by atoms with E-state index in [9.17, 15) is 0 Å². The van der Waals surface area contributed by atoms with Crippen LogP contribution in [0.2, 0.25) is 0 Å². The number of nitrogens with zero attached hydrogens (tertiary/aromatic N) is 2. The Hall–Kier alpha value is -2.46. The number of hydrogen-bond acceptors (Lipinski definition) is 2. The number of aromatic nitrogens is 2. The highest BCUT2D eigenvalue weighted by Gasteiger charge is 2.29. The molecule has 0 fully saturated rings. The van der Waals surface area contributed by atoms with Gasteiger partial charge in [0.2, 0.25) is 0 Å². The first-order chi connectivity index (χ1) is 11.8. The predicted molar refractivity (Wildman–Crippen MR) is 92.8 cm³/mol. The quantitative estimate of drug-likeness (QED) is 0.633. The Balaban J connectivity index is 0.00000182. The molecule has 2 aromatic carbocycles. The summed E-state index contributed by atoms with van der Waals surface area (Å²) in [6.07, 6.45) is 4.52. The van der Waals surface area contributed by atoms with Crippen molar-refractivity contribution in [1.29, 1.82) is 0 Å². The van der Waals surface area contributed by atoms with E-state index in [1.54, 1.807) is 14.2 Å². The third kappa shape index (κ3) is 3.10. The minimum atomic E-state index is 0. The molecule has 1 aliphatic rings. The summed E-state index contributed by atoms with van der Waals surface area (Å²) in [7, 11) is 3.39. The first kappa shape index (κ1) is 17.4. The lowest BCUT2D eigenvalue weighted by atomic mass is 10.1. The van der Waals surface area contributed by atoms with Gasteiger partial charge in [-0.3, -0.25) is 0 Å². The van der Waals surface area contributed by atoms with Crippen LogP contribution in [0.1, 0.15) is 12.2 Å². The van der Waals surface area contributed by atoms with Crippen LogP contribution in [0.3, 0.4) is 0 Å². The van der Waals surface area contributed by atoms with Gasteiger partial charge in [0.25, 0.3) is 5.82 Å². The summed E-state index contributed by atoms with van der Waals surface area (Å²) in [5.74, 6) is 3.12. The maximum absolute atomic E-state index is 5.27. The highest BCUT2D eigenvalue weighted by atomic mass is 35.5. The number of imidazole rings is 1. The zero-order chi connectivity index (χ0) is 16.5. The van der Waals surface area contributed by atoms with Crippen LogP contribution in [0.15, 0.2) is 54.7 Å². The van der Waals surface area contributed by atoms with Crippen LogP contribution in [0.4, 0.5) is 0 Å². The molecule has 0 spiro atoms. The molecule has 25 heavy (non-hydrogen) atoms. The second kappa shape index (κ2) is 7.19. The fourth-order valence-corrected chi connectivity index (χ4v) is 3.39. The Morgan fingerprint density at radius 3 is 2.08 bits per heavy atom. The van der Waals surface area contributed by atoms with E-state index in [1.807, 2.05) is 24.3 Å². The van der Waals surface area contributed by atoms with Gasteiger partial charge >= 0.3 is 0 Å². The Morgan fingerprint density at radius 2 is 1.48 bits per heavy atom. The minimum absolute atomic E-state index is 0. The molecule has 0 radical (unpaired) electrons. The van der Waals surface area contributed by atoms with E-state index in [4.69, 9.17) is 9.47 Å². The topological polar surface area (TPSA) is 27.3 Å². The second-order valence-electron chi connectivity index (χ2n) is 5.98. The zero-order valence-electron chi connectivity index (χ0n) is 14.4. The van der Waals surface area contributed by atoms with Crippen molar-refractivity contribution in [2.24, 2.45) is 0 Å². The van der Waals surface area contributed by atoms with E-state index < -0.39 is 0 Å². The summed E-state index contributed by atoms with van der Waals surface area (Å²) < 4.78 is 15.3. The van der Waals surface area contributed by atoms with E-state index in [1.165, 1.54) is 29.2 Å². The molecule has 0 saturated carbocycles. The zero-order valence-corrected chi connectivity index (χ0v) is 15.2. The largest absolute Gasteiger partial charge is 1.00 e. The van der Waals surface area contributed by atoms with E-state index in [0.717, 1.165) is 24.5 Å². The number of rotatable bonds is 4. The third-order valence-corrected chi connectivity index (χ3v) is 4.65. The van der Waals surface area contributed by atoms with Crippen LogP contribution in [0, 0.1) is 0 Å². The van der Waals surface area contributed by atoms with E-state index in [2.05, 4.69) is 39.6 Å². The third-order valence-electron chi connectivity index (χ3n) is 4.65. The second-order valence-corrected chi connectivity index (χ2v) is 5.98. The van der Waals surface area contributed by atoms with Crippen LogP contribution >= 0.6 is 0 Å². The van der Waals surface area contributed by atoms with Crippen LogP contribution in [0.5, 0.6) is 11.5 Å². The molecule has 1 aromatic heterocycles. The molecule has 130 valence electrons. The van der Waals surface area contributed by atoms with Crippen LogP contribution in [-0.2, 0) is 13.0 Å². The lowest BCUT2D eigenvalue weighted by Crippen LogP contribution is -3.00. The number of benzene rings is 2. The monoisotopic (exact) mass is 356 g/mol. The molecule has 0 amide bonds. The standard InChI is InChI=1S/C20H21N2O2.ClH/c1-23-17-9-5-15(6-10-17)19-14-22(20-4-3-13-21(19)20)16-7-11-18(24-2)12-8-16;/h5-12,14H,3-4,13H2,1-2H3;1H/q+1;/p-1. The number of ether oxygens (including phenoxy) is 2. The molecular weight excluding hydrogens is 336 g/mol. The molecule has 0 saturated heterocycles. The van der Waals surface area contributed by atoms with Crippen LogP contribution in [0.25, 0.3) is 16.9 Å². The fraction of sp³-hybridized carbons (Fsp3) is 0.250. The van der Waals surface area contributed by atoms with E-state index in [-0.39, 0.29) is 12.4 Å². The van der Waals surface area contributed by atoms with Crippen molar-refractivity contribution in [3.05, 3.63) is 60.6 Å². The summed E-state index contributed by atoms with van der Waals surface area (Å²) in [4.78, 5) is 0. The van der Waals surface area contributed by atoms with Crippen molar-refractivity contribution >= 4 is 0 Å². The van der Waals surface area contributed by atoms with E-state index >= 15 is 0 Å². The Kier molecular flexibility index (Phi) is 5.00. The lowest BCUT2D eigenvalue weighted by Gasteiger charge is -2.01. The van der Waals surface area contributed by atoms with Crippen molar-refractivity contribution < 1.29 is 26.4 Å². The van der Waals surface area contributed by atoms with Gasteiger partial charge in [0.1, 0.15) is 23.4 Å². The van der Waals surface area contributed by atoms with Crippen molar-refractivity contribution in [1.82, 2.24) is 4.57 Å². The summed E-state index contributed by atoms with van der Waals surface area (Å²) in [6, 6.07) is 16.5. The molecule has 5 heteroatoms. The normalized spacial score (nSPS) is 12.4. The summed E-state index contributed by atoms with van der Waals surface area (Å²) in [6.45, 7) is 1.07. The maximum atomic E-state index is 5.27. The molecule has 4 nitrogen and oxygen atoms in total. The van der Waals surface area contributed by atoms with Crippen molar-refractivity contribution in [3.8, 4) is 28.4 Å². The van der Waals surface area contributed by atoms with Crippen LogP contribution < -0.4 is 26.4 Å². The van der Waals surface area contributed by atoms with Crippen LogP contribution in [-0.4, -0.2) is 18.8 Å². The van der Waals surface area contributed by atoms with E-state index in [0.29, 0.717) is 0 Å². The van der Waals surface area contributed by atoms with Gasteiger partial charge in [0, 0.05) is 5.56 Å². The summed E-state index contributed by atoms with van der Waals surface area (Å²) >= 11 is 0. The molecule has 0 N–H and O–H groups in total. The van der Waals surface area contributed by atoms with Gasteiger partial charge in [-0.15, -0.1) is 0 Å². The summed E-state index contributed by atoms with van der Waals surface area (Å²) in [5.41, 5.74) is 3.63. The van der Waals surface area contributed by atoms with Gasteiger partial charge in [0.15, 0.2) is 5.69 Å². The fourth-order valence-electron chi connectivity index (χ4n) is 3.39. The molecule has 2 heterocycles. The first-order valence-corrected chi connectivity index (χ1v) is 8.23. The van der Waals surface area contributed by atoms with Gasteiger partial charge in [0.05, 0.1) is 27.2 Å². The molecule has 3 aromatic rings. The van der Waals surface area contributed by atoms with Gasteiger partial charge < -0.3 is 21.9 Å². The molecule has 1 aliphatic heterocycles. The lowest BCUT2D eigenvalue weighted by molar-refractivity contribution is -0.679. The molecule has 0 atom stereocenters. The Labute approximate surface area is 154 Å². The molecule has 0 aliphatic carbocycles. The highest BCUT2D eigenvalue weighted by molar-refractivity contribution is 5.58. The first-order valence-electron chi connectivity index (χ1n) is 8.23. The van der Waals surface area contributed by atoms with Gasteiger partial charge in [-0.05, 0) is 55.0 Å². The Bertz CT molecular complexity index is 785. The average Bonchev–Trinajstić information content (AvgIpc) is 3.24. The highest BCUT2D eigenvalue weighted by Crippen LogP contribution is 2.26. The smallest absolute Gasteiger partial charge is 0.262 e. The molecule has 4 rings (SSSR count). The van der Waals surface area contributed by atoms with Gasteiger partial charge in [-0.25, -0.2) is 4.57 Å². The number of fused-ring (bicyclic) bond motifs is 1. The minimum Gasteiger partial charge on any atom is -1.00 e.